The normalized spacial score (nSPS) is 22.0. The van der Waals surface area contributed by atoms with Crippen molar-refractivity contribution in [1.29, 1.82) is 0 Å². The van der Waals surface area contributed by atoms with E-state index in [1.807, 2.05) is 61.1 Å². The fourth-order valence-corrected chi connectivity index (χ4v) is 5.34. The summed E-state index contributed by atoms with van der Waals surface area (Å²) in [5.41, 5.74) is 3.05. The van der Waals surface area contributed by atoms with Crippen LogP contribution in [0.1, 0.15) is 40.0 Å². The number of imidazole rings is 2. The highest BCUT2D eigenvalue weighted by atomic mass is 16.2. The van der Waals surface area contributed by atoms with Crippen molar-refractivity contribution in [2.45, 2.75) is 24.8 Å². The van der Waals surface area contributed by atoms with E-state index in [-0.39, 0.29) is 11.8 Å². The van der Waals surface area contributed by atoms with Gasteiger partial charge in [-0.05, 0) is 43.2 Å². The van der Waals surface area contributed by atoms with E-state index in [1.165, 1.54) is 0 Å². The van der Waals surface area contributed by atoms with Gasteiger partial charge in [0.25, 0.3) is 5.91 Å². The Hall–Kier alpha value is -3.94. The molecular formula is C24H22N6O2. The van der Waals surface area contributed by atoms with E-state index in [9.17, 15) is 9.59 Å². The predicted molar refractivity (Wildman–Crippen MR) is 119 cm³/mol. The van der Waals surface area contributed by atoms with Gasteiger partial charge in [-0.15, -0.1) is 0 Å². The Bertz CT molecular complexity index is 1400. The summed E-state index contributed by atoms with van der Waals surface area (Å²) < 4.78 is 1.90. The van der Waals surface area contributed by atoms with Crippen molar-refractivity contribution in [3.63, 3.8) is 0 Å². The van der Waals surface area contributed by atoms with Crippen LogP contribution >= 0.6 is 0 Å². The van der Waals surface area contributed by atoms with Crippen molar-refractivity contribution in [2.24, 2.45) is 7.05 Å². The van der Waals surface area contributed by atoms with Gasteiger partial charge in [0.05, 0.1) is 11.0 Å². The first-order valence-corrected chi connectivity index (χ1v) is 10.6. The van der Waals surface area contributed by atoms with Gasteiger partial charge in [-0.2, -0.15) is 0 Å². The van der Waals surface area contributed by atoms with E-state index >= 15 is 0 Å². The summed E-state index contributed by atoms with van der Waals surface area (Å²) in [6.45, 7) is 2.34. The summed E-state index contributed by atoms with van der Waals surface area (Å²) in [6.07, 6.45) is 4.09. The molecule has 2 aliphatic rings. The Morgan fingerprint density at radius 1 is 1.22 bits per heavy atom. The van der Waals surface area contributed by atoms with Crippen LogP contribution in [0.5, 0.6) is 0 Å². The van der Waals surface area contributed by atoms with E-state index in [1.54, 1.807) is 17.2 Å². The van der Waals surface area contributed by atoms with Crippen LogP contribution < -0.4 is 5.32 Å². The lowest BCUT2D eigenvalue weighted by atomic mass is 9.74. The average Bonchev–Trinajstić information content (AvgIpc) is 3.53. The Balaban J connectivity index is 1.50. The van der Waals surface area contributed by atoms with Crippen LogP contribution in [0.3, 0.4) is 0 Å². The highest BCUT2D eigenvalue weighted by molar-refractivity contribution is 6.08. The quantitative estimate of drug-likeness (QED) is 0.515. The zero-order chi connectivity index (χ0) is 22.0. The second-order valence-corrected chi connectivity index (χ2v) is 8.57. The number of hydrogen-bond donors (Lipinski definition) is 2. The van der Waals surface area contributed by atoms with Crippen LogP contribution in [-0.4, -0.2) is 42.8 Å². The molecule has 2 atom stereocenters. The third-order valence-electron chi connectivity index (χ3n) is 6.80. The Morgan fingerprint density at radius 2 is 2.06 bits per heavy atom. The van der Waals surface area contributed by atoms with Crippen LogP contribution in [0.15, 0.2) is 54.9 Å². The monoisotopic (exact) mass is 426 g/mol. The van der Waals surface area contributed by atoms with Gasteiger partial charge in [-0.1, -0.05) is 18.2 Å². The molecule has 1 fully saturated rings. The topological polar surface area (TPSA) is 95.9 Å². The number of nitrogens with one attached hydrogen (secondary N) is 2. The van der Waals surface area contributed by atoms with Crippen LogP contribution in [0, 0.1) is 6.92 Å². The number of hydrogen-bond acceptors (Lipinski definition) is 4. The average molecular weight is 426 g/mol. The van der Waals surface area contributed by atoms with Crippen LogP contribution in [0.4, 0.5) is 5.69 Å². The van der Waals surface area contributed by atoms with Gasteiger partial charge in [0.15, 0.2) is 0 Å². The molecule has 4 heterocycles. The van der Waals surface area contributed by atoms with E-state index in [0.717, 1.165) is 28.1 Å². The summed E-state index contributed by atoms with van der Waals surface area (Å²) in [4.78, 5) is 41.3. The zero-order valence-electron chi connectivity index (χ0n) is 17.8. The minimum absolute atomic E-state index is 0.0818. The van der Waals surface area contributed by atoms with Crippen molar-refractivity contribution in [3.05, 3.63) is 77.6 Å². The molecule has 2 amide bonds. The number of nitrogens with zero attached hydrogens (tertiary/aromatic N) is 4. The molecule has 32 heavy (non-hydrogen) atoms. The Morgan fingerprint density at radius 3 is 2.88 bits per heavy atom. The number of carbonyl (C=O) groups is 2. The lowest BCUT2D eigenvalue weighted by molar-refractivity contribution is -0.121. The molecular weight excluding hydrogens is 404 g/mol. The largest absolute Gasteiger partial charge is 0.342 e. The number of carbonyl (C=O) groups excluding carboxylic acids is 2. The molecule has 0 aliphatic carbocycles. The number of fused-ring (bicyclic) bond motifs is 3. The fraction of sp³-hybridized carbons (Fsp3) is 0.250. The lowest BCUT2D eigenvalue weighted by Gasteiger charge is -2.33. The molecule has 0 bridgehead atoms. The van der Waals surface area contributed by atoms with Crippen molar-refractivity contribution < 1.29 is 9.59 Å². The van der Waals surface area contributed by atoms with Gasteiger partial charge in [0.1, 0.15) is 23.1 Å². The number of H-pyrrole nitrogens is 1. The molecule has 2 aromatic heterocycles. The molecule has 8 nitrogen and oxygen atoms in total. The van der Waals surface area contributed by atoms with Gasteiger partial charge in [-0.25, -0.2) is 9.97 Å². The van der Waals surface area contributed by atoms with Crippen LogP contribution in [0.25, 0.3) is 11.0 Å². The van der Waals surface area contributed by atoms with Crippen molar-refractivity contribution in [2.75, 3.05) is 11.9 Å². The first kappa shape index (κ1) is 18.8. The molecule has 1 saturated heterocycles. The van der Waals surface area contributed by atoms with E-state index in [4.69, 9.17) is 0 Å². The molecule has 8 heteroatoms. The van der Waals surface area contributed by atoms with Crippen molar-refractivity contribution in [1.82, 2.24) is 24.4 Å². The van der Waals surface area contributed by atoms with Gasteiger partial charge in [0.2, 0.25) is 5.91 Å². The van der Waals surface area contributed by atoms with E-state index in [2.05, 4.69) is 20.3 Å². The summed E-state index contributed by atoms with van der Waals surface area (Å²) in [6, 6.07) is 12.7. The number of benzene rings is 2. The van der Waals surface area contributed by atoms with Crippen molar-refractivity contribution >= 4 is 28.5 Å². The first-order valence-electron chi connectivity index (χ1n) is 10.6. The van der Waals surface area contributed by atoms with Gasteiger partial charge >= 0.3 is 0 Å². The second-order valence-electron chi connectivity index (χ2n) is 8.57. The molecule has 1 spiro atoms. The Kier molecular flexibility index (Phi) is 3.83. The highest BCUT2D eigenvalue weighted by Crippen LogP contribution is 2.54. The second kappa shape index (κ2) is 6.53. The third kappa shape index (κ3) is 2.43. The molecule has 0 saturated carbocycles. The number of anilines is 1. The minimum Gasteiger partial charge on any atom is -0.342 e. The summed E-state index contributed by atoms with van der Waals surface area (Å²) >= 11 is 0. The van der Waals surface area contributed by atoms with E-state index in [0.29, 0.717) is 24.4 Å². The molecule has 160 valence electrons. The number of aromatic nitrogens is 4. The van der Waals surface area contributed by atoms with Gasteiger partial charge < -0.3 is 19.8 Å². The fourth-order valence-electron chi connectivity index (χ4n) is 5.34. The maximum atomic E-state index is 13.8. The van der Waals surface area contributed by atoms with Crippen LogP contribution in [-0.2, 0) is 17.3 Å². The van der Waals surface area contributed by atoms with Crippen molar-refractivity contribution in [3.8, 4) is 0 Å². The smallest absolute Gasteiger partial charge is 0.254 e. The summed E-state index contributed by atoms with van der Waals surface area (Å²) in [7, 11) is 1.90. The number of para-hydroxylation sites is 1. The van der Waals surface area contributed by atoms with Gasteiger partial charge in [-0.3, -0.25) is 9.59 Å². The van der Waals surface area contributed by atoms with Gasteiger partial charge in [0, 0.05) is 37.2 Å². The number of aryl methyl sites for hydroxylation is 2. The first-order chi connectivity index (χ1) is 15.5. The Labute approximate surface area is 184 Å². The predicted octanol–water partition coefficient (Wildman–Crippen LogP) is 3.08. The van der Waals surface area contributed by atoms with Crippen LogP contribution in [0.2, 0.25) is 0 Å². The third-order valence-corrected chi connectivity index (χ3v) is 6.80. The molecule has 4 aromatic rings. The summed E-state index contributed by atoms with van der Waals surface area (Å²) in [5, 5.41) is 3.04. The molecule has 0 unspecified atom stereocenters. The maximum Gasteiger partial charge on any atom is 0.254 e. The maximum absolute atomic E-state index is 13.8. The molecule has 2 aromatic carbocycles. The molecule has 6 rings (SSSR count). The highest BCUT2D eigenvalue weighted by Gasteiger charge is 2.60. The lowest BCUT2D eigenvalue weighted by Crippen LogP contribution is -2.43. The van der Waals surface area contributed by atoms with E-state index < -0.39 is 11.5 Å². The summed E-state index contributed by atoms with van der Waals surface area (Å²) in [5.74, 6) is 1.29. The number of amides is 2. The SMILES string of the molecule is Cc1nc2ccc(C(=O)N3CC[C@]4(C(=O)Nc5ccccc54)[C@@H]3c3nccn3C)cc2[nH]1. The number of likely N-dealkylation sites (tertiary alicyclic amines) is 1. The number of aromatic amines is 1. The molecule has 2 aliphatic heterocycles. The molecule has 2 N–H and O–H groups in total. The number of rotatable bonds is 2. The minimum atomic E-state index is -0.875. The zero-order valence-corrected chi connectivity index (χ0v) is 17.8. The standard InChI is InChI=1S/C24H22N6O2/c1-14-26-18-8-7-15(13-19(18)27-14)22(31)30-11-9-24(20(30)21-25-10-12-29(21)2)16-5-3-4-6-17(16)28-23(24)32/h3-8,10,12-13,20H,9,11H2,1-2H3,(H,26,27)(H,28,32)/t20-,24+/m0/s1. The molecule has 0 radical (unpaired) electrons.